The molecule has 1 amide bonds. The highest BCUT2D eigenvalue weighted by Gasteiger charge is 2.34. The molecule has 0 spiro atoms. The molecular weight excluding hydrogens is 385 g/mol. The van der Waals surface area contributed by atoms with Crippen molar-refractivity contribution in [3.63, 3.8) is 0 Å². The van der Waals surface area contributed by atoms with Gasteiger partial charge in [-0.1, -0.05) is 24.3 Å². The quantitative estimate of drug-likeness (QED) is 0.668. The number of aromatic nitrogens is 1. The van der Waals surface area contributed by atoms with Crippen molar-refractivity contribution < 1.29 is 9.18 Å². The maximum atomic E-state index is 13.4. The van der Waals surface area contributed by atoms with E-state index in [4.69, 9.17) is 4.98 Å². The number of thiazole rings is 1. The number of carbonyl (C=O) groups excluding carboxylic acids is 1. The third-order valence-electron chi connectivity index (χ3n) is 5.91. The molecule has 1 atom stereocenters. The summed E-state index contributed by atoms with van der Waals surface area (Å²) in [4.78, 5) is 20.1. The first kappa shape index (κ1) is 18.7. The molecule has 1 N–H and O–H groups in total. The largest absolute Gasteiger partial charge is 0.352 e. The second-order valence-electron chi connectivity index (χ2n) is 8.07. The van der Waals surface area contributed by atoms with E-state index in [1.807, 2.05) is 6.07 Å². The zero-order valence-electron chi connectivity index (χ0n) is 16.2. The summed E-state index contributed by atoms with van der Waals surface area (Å²) in [6.45, 7) is 1.67. The van der Waals surface area contributed by atoms with Crippen LogP contribution in [0.2, 0.25) is 0 Å². The van der Waals surface area contributed by atoms with Crippen LogP contribution in [0.4, 0.5) is 4.39 Å². The molecule has 1 aromatic heterocycles. The highest BCUT2D eigenvalue weighted by atomic mass is 32.1. The fraction of sp³-hybridized carbons (Fsp3) is 0.391. The number of piperidine rings is 1. The van der Waals surface area contributed by atoms with Crippen LogP contribution in [0.5, 0.6) is 0 Å². The Morgan fingerprint density at radius 2 is 1.79 bits per heavy atom. The van der Waals surface area contributed by atoms with Crippen molar-refractivity contribution in [2.24, 2.45) is 0 Å². The van der Waals surface area contributed by atoms with Crippen molar-refractivity contribution >= 4 is 27.5 Å². The second-order valence-corrected chi connectivity index (χ2v) is 9.13. The number of para-hydroxylation sites is 1. The number of hydrogen-bond donors (Lipinski definition) is 1. The van der Waals surface area contributed by atoms with Crippen LogP contribution in [0.3, 0.4) is 0 Å². The molecule has 0 radical (unpaired) electrons. The Hall–Kier alpha value is -2.31. The minimum Gasteiger partial charge on any atom is -0.352 e. The molecule has 5 rings (SSSR count). The molecule has 1 aliphatic carbocycles. The van der Waals surface area contributed by atoms with Crippen molar-refractivity contribution in [2.75, 3.05) is 13.1 Å². The first-order valence-electron chi connectivity index (χ1n) is 10.3. The number of carbonyl (C=O) groups is 1. The van der Waals surface area contributed by atoms with Gasteiger partial charge in [0, 0.05) is 12.0 Å². The van der Waals surface area contributed by atoms with Crippen LogP contribution in [-0.4, -0.2) is 34.9 Å². The number of halogens is 1. The van der Waals surface area contributed by atoms with Crippen molar-refractivity contribution in [3.8, 4) is 0 Å². The molecule has 2 fully saturated rings. The molecule has 1 aliphatic heterocycles. The van der Waals surface area contributed by atoms with Gasteiger partial charge in [-0.15, -0.1) is 11.3 Å². The summed E-state index contributed by atoms with van der Waals surface area (Å²) >= 11 is 1.78. The summed E-state index contributed by atoms with van der Waals surface area (Å²) < 4.78 is 14.7. The van der Waals surface area contributed by atoms with Gasteiger partial charge in [0.05, 0.1) is 15.2 Å². The molecule has 1 unspecified atom stereocenters. The van der Waals surface area contributed by atoms with Crippen LogP contribution in [0.15, 0.2) is 48.5 Å². The van der Waals surface area contributed by atoms with Gasteiger partial charge in [-0.25, -0.2) is 9.37 Å². The second kappa shape index (κ2) is 7.84. The lowest BCUT2D eigenvalue weighted by molar-refractivity contribution is -0.127. The monoisotopic (exact) mass is 409 g/mol. The van der Waals surface area contributed by atoms with E-state index in [2.05, 4.69) is 28.4 Å². The number of hydrogen-bond acceptors (Lipinski definition) is 4. The van der Waals surface area contributed by atoms with E-state index in [1.54, 1.807) is 23.5 Å². The number of benzene rings is 2. The average molecular weight is 410 g/mol. The fourth-order valence-electron chi connectivity index (χ4n) is 4.15. The zero-order valence-corrected chi connectivity index (χ0v) is 17.0. The molecule has 3 aromatic rings. The van der Waals surface area contributed by atoms with Crippen LogP contribution >= 0.6 is 11.3 Å². The molecule has 4 nitrogen and oxygen atoms in total. The van der Waals surface area contributed by atoms with Crippen molar-refractivity contribution in [1.82, 2.24) is 15.2 Å². The molecular formula is C23H24FN3OS. The Morgan fingerprint density at radius 3 is 2.48 bits per heavy atom. The van der Waals surface area contributed by atoms with Gasteiger partial charge in [0.15, 0.2) is 0 Å². The smallest absolute Gasteiger partial charge is 0.242 e. The number of nitrogens with one attached hydrogen (secondary N) is 1. The summed E-state index contributed by atoms with van der Waals surface area (Å²) in [6, 6.07) is 14.6. The predicted octanol–water partition coefficient (Wildman–Crippen LogP) is 4.63. The first-order chi connectivity index (χ1) is 14.2. The highest BCUT2D eigenvalue weighted by Crippen LogP contribution is 2.36. The lowest BCUT2D eigenvalue weighted by atomic mass is 9.94. The maximum absolute atomic E-state index is 13.4. The van der Waals surface area contributed by atoms with Crippen LogP contribution < -0.4 is 5.32 Å². The SMILES string of the molecule is O=C(NC1CC1)C(c1ccc(F)cc1)N1CCC(c2nc3ccccc3s2)CC1. The molecule has 1 saturated heterocycles. The molecule has 150 valence electrons. The van der Waals surface area contributed by atoms with Gasteiger partial charge in [-0.2, -0.15) is 0 Å². The standard InChI is InChI=1S/C23H24FN3OS/c24-17-7-5-15(6-8-17)21(22(28)25-18-9-10-18)27-13-11-16(12-14-27)23-26-19-3-1-2-4-20(19)29-23/h1-8,16,18,21H,9-14H2,(H,25,28). The van der Waals surface area contributed by atoms with E-state index in [-0.39, 0.29) is 17.8 Å². The Morgan fingerprint density at radius 1 is 1.07 bits per heavy atom. The fourth-order valence-corrected chi connectivity index (χ4v) is 5.29. The predicted molar refractivity (Wildman–Crippen MR) is 113 cm³/mol. The minimum atomic E-state index is -0.354. The van der Waals surface area contributed by atoms with Gasteiger partial charge in [-0.3, -0.25) is 9.69 Å². The highest BCUT2D eigenvalue weighted by molar-refractivity contribution is 7.18. The lowest BCUT2D eigenvalue weighted by Crippen LogP contribution is -2.44. The van der Waals surface area contributed by atoms with E-state index in [9.17, 15) is 9.18 Å². The van der Waals surface area contributed by atoms with Crippen LogP contribution in [-0.2, 0) is 4.79 Å². The van der Waals surface area contributed by atoms with E-state index in [0.717, 1.165) is 49.9 Å². The third kappa shape index (κ3) is 4.05. The molecule has 2 aromatic carbocycles. The number of rotatable bonds is 5. The van der Waals surface area contributed by atoms with Crippen LogP contribution in [0, 0.1) is 5.82 Å². The Kier molecular flexibility index (Phi) is 5.06. The Bertz CT molecular complexity index is 973. The average Bonchev–Trinajstić information content (AvgIpc) is 3.44. The molecule has 1 saturated carbocycles. The molecule has 6 heteroatoms. The summed E-state index contributed by atoms with van der Waals surface area (Å²) in [7, 11) is 0. The van der Waals surface area contributed by atoms with Gasteiger partial charge in [0.2, 0.25) is 5.91 Å². The van der Waals surface area contributed by atoms with Crippen molar-refractivity contribution in [3.05, 3.63) is 64.9 Å². The maximum Gasteiger partial charge on any atom is 0.242 e. The Balaban J connectivity index is 1.32. The molecule has 2 aliphatic rings. The summed E-state index contributed by atoms with van der Waals surface area (Å²) in [5.41, 5.74) is 1.94. The van der Waals surface area contributed by atoms with Gasteiger partial charge < -0.3 is 5.32 Å². The first-order valence-corrected chi connectivity index (χ1v) is 11.1. The van der Waals surface area contributed by atoms with Gasteiger partial charge in [0.25, 0.3) is 0 Å². The summed E-state index contributed by atoms with van der Waals surface area (Å²) in [5.74, 6) is 0.200. The van der Waals surface area contributed by atoms with E-state index < -0.39 is 0 Å². The lowest BCUT2D eigenvalue weighted by Gasteiger charge is -2.36. The van der Waals surface area contributed by atoms with E-state index >= 15 is 0 Å². The van der Waals surface area contributed by atoms with Crippen LogP contribution in [0.25, 0.3) is 10.2 Å². The number of amides is 1. The van der Waals surface area contributed by atoms with E-state index in [1.165, 1.54) is 21.8 Å². The van der Waals surface area contributed by atoms with Crippen molar-refractivity contribution in [1.29, 1.82) is 0 Å². The number of nitrogens with zero attached hydrogens (tertiary/aromatic N) is 2. The zero-order chi connectivity index (χ0) is 19.8. The number of fused-ring (bicyclic) bond motifs is 1. The molecule has 0 bridgehead atoms. The molecule has 2 heterocycles. The summed E-state index contributed by atoms with van der Waals surface area (Å²) in [6.07, 6.45) is 4.07. The minimum absolute atomic E-state index is 0.0394. The van der Waals surface area contributed by atoms with Gasteiger partial charge in [0.1, 0.15) is 11.9 Å². The third-order valence-corrected chi connectivity index (χ3v) is 7.11. The van der Waals surface area contributed by atoms with E-state index in [0.29, 0.717) is 12.0 Å². The molecule has 29 heavy (non-hydrogen) atoms. The van der Waals surface area contributed by atoms with Gasteiger partial charge >= 0.3 is 0 Å². The number of likely N-dealkylation sites (tertiary alicyclic amines) is 1. The normalized spacial score (nSPS) is 19.3. The van der Waals surface area contributed by atoms with Crippen molar-refractivity contribution in [2.45, 2.75) is 43.7 Å². The topological polar surface area (TPSA) is 45.2 Å². The Labute approximate surface area is 173 Å². The van der Waals surface area contributed by atoms with Crippen LogP contribution in [0.1, 0.15) is 48.2 Å². The van der Waals surface area contributed by atoms with Gasteiger partial charge in [-0.05, 0) is 68.6 Å². The summed E-state index contributed by atoms with van der Waals surface area (Å²) in [5, 5.41) is 4.34.